The molecule has 0 atom stereocenters. The van der Waals surface area contributed by atoms with Gasteiger partial charge in [-0.1, -0.05) is 32.6 Å². The Morgan fingerprint density at radius 2 is 0.936 bits per heavy atom. The van der Waals surface area contributed by atoms with E-state index in [1.54, 1.807) is 0 Å². The number of rotatable bonds is 10. The summed E-state index contributed by atoms with van der Waals surface area (Å²) in [4.78, 5) is 0. The lowest BCUT2D eigenvalue weighted by Gasteiger charge is -2.43. The number of halogens is 9. The van der Waals surface area contributed by atoms with Gasteiger partial charge in [0.2, 0.25) is 0 Å². The van der Waals surface area contributed by atoms with Crippen molar-refractivity contribution in [2.75, 3.05) is 0 Å². The fourth-order valence-corrected chi connectivity index (χ4v) is 9.78. The van der Waals surface area contributed by atoms with Crippen molar-refractivity contribution in [3.8, 4) is 5.75 Å². The van der Waals surface area contributed by atoms with Gasteiger partial charge in [-0.2, -0.15) is 17.6 Å². The molecule has 1 aromatic carbocycles. The van der Waals surface area contributed by atoms with E-state index in [1.165, 1.54) is 77.0 Å². The van der Waals surface area contributed by atoms with E-state index in [2.05, 4.69) is 16.4 Å². The molecule has 0 aliphatic heterocycles. The van der Waals surface area contributed by atoms with Gasteiger partial charge in [0.15, 0.2) is 0 Å². The molecule has 47 heavy (non-hydrogen) atoms. The summed E-state index contributed by atoms with van der Waals surface area (Å²) in [5.41, 5.74) is -2.34. The summed E-state index contributed by atoms with van der Waals surface area (Å²) in [6, 6.07) is 0.0459. The lowest BCUT2D eigenvalue weighted by molar-refractivity contribution is -0.432. The Bertz CT molecular complexity index is 1120. The molecule has 4 aliphatic rings. The predicted octanol–water partition coefficient (Wildman–Crippen LogP) is 12.5. The molecule has 0 aromatic heterocycles. The van der Waals surface area contributed by atoms with E-state index >= 15 is 8.78 Å². The molecule has 11 heteroatoms. The van der Waals surface area contributed by atoms with Gasteiger partial charge >= 0.3 is 18.6 Å². The van der Waals surface area contributed by atoms with E-state index < -0.39 is 47.4 Å². The van der Waals surface area contributed by atoms with E-state index in [9.17, 15) is 30.7 Å². The maximum atomic E-state index is 15.0. The Hall–Kier alpha value is -1.65. The van der Waals surface area contributed by atoms with Crippen LogP contribution in [0.5, 0.6) is 5.75 Å². The summed E-state index contributed by atoms with van der Waals surface area (Å²) in [5, 5.41) is 0. The molecule has 1 aromatic rings. The zero-order chi connectivity index (χ0) is 34.0. The van der Waals surface area contributed by atoms with Crippen LogP contribution in [0, 0.1) is 59.0 Å². The Labute approximate surface area is 272 Å². The molecule has 0 amide bonds. The zero-order valence-electron chi connectivity index (χ0n) is 27.2. The van der Waals surface area contributed by atoms with Crippen LogP contribution in [0.15, 0.2) is 12.1 Å². The summed E-state index contributed by atoms with van der Waals surface area (Å²) in [5.74, 6) is -1.56. The van der Waals surface area contributed by atoms with Crippen molar-refractivity contribution in [2.45, 2.75) is 141 Å². The van der Waals surface area contributed by atoms with E-state index in [0.29, 0.717) is 24.7 Å². The van der Waals surface area contributed by atoms with Crippen molar-refractivity contribution < 1.29 is 49.0 Å². The number of benzene rings is 1. The molecule has 0 radical (unpaired) electrons. The van der Waals surface area contributed by atoms with E-state index in [-0.39, 0.29) is 25.0 Å². The second-order valence-corrected chi connectivity index (χ2v) is 15.0. The van der Waals surface area contributed by atoms with Crippen LogP contribution in [0.25, 0.3) is 0 Å². The molecule has 4 aliphatic carbocycles. The normalized spacial score (nSPS) is 33.1. The largest absolute Gasteiger partial charge is 0.527 e. The molecular weight excluding hydrogens is 635 g/mol. The lowest BCUT2D eigenvalue weighted by atomic mass is 9.63. The second-order valence-electron chi connectivity index (χ2n) is 15.0. The topological polar surface area (TPSA) is 18.5 Å². The molecular formula is C36H49F9O2. The summed E-state index contributed by atoms with van der Waals surface area (Å²) in [7, 11) is 0. The third-order valence-electron chi connectivity index (χ3n) is 12.3. The molecule has 4 saturated carbocycles. The van der Waals surface area contributed by atoms with Gasteiger partial charge in [-0.15, -0.1) is 13.2 Å². The Morgan fingerprint density at radius 1 is 0.574 bits per heavy atom. The molecule has 0 bridgehead atoms. The third-order valence-corrected chi connectivity index (χ3v) is 12.3. The van der Waals surface area contributed by atoms with Crippen LogP contribution in [0.4, 0.5) is 39.5 Å². The van der Waals surface area contributed by atoms with Crippen molar-refractivity contribution in [3.05, 3.63) is 29.3 Å². The number of hydrogen-bond donors (Lipinski definition) is 0. The van der Waals surface area contributed by atoms with Crippen LogP contribution < -0.4 is 4.74 Å². The lowest BCUT2D eigenvalue weighted by Crippen LogP contribution is -2.38. The zero-order valence-corrected chi connectivity index (χ0v) is 27.2. The van der Waals surface area contributed by atoms with Gasteiger partial charge < -0.3 is 4.74 Å². The van der Waals surface area contributed by atoms with Crippen LogP contribution in [0.1, 0.15) is 128 Å². The van der Waals surface area contributed by atoms with Crippen molar-refractivity contribution >= 4 is 0 Å². The van der Waals surface area contributed by atoms with Gasteiger partial charge in [-0.25, -0.2) is 13.5 Å². The predicted molar refractivity (Wildman–Crippen MR) is 160 cm³/mol. The molecule has 0 unspecified atom stereocenters. The summed E-state index contributed by atoms with van der Waals surface area (Å²) < 4.78 is 130. The van der Waals surface area contributed by atoms with Gasteiger partial charge in [0.05, 0.1) is 5.92 Å². The van der Waals surface area contributed by atoms with Crippen LogP contribution in [-0.2, 0) is 10.8 Å². The van der Waals surface area contributed by atoms with Crippen molar-refractivity contribution in [2.24, 2.45) is 47.3 Å². The SMILES string of the molecule is CCCC1CCC(C2CCC(C3CCC(C4CCC(C(F)(F)Oc5cc(F)c(C(F)(F)OC(F)(F)F)c(F)c5)CC4)CC3)CC2)CC1. The highest BCUT2D eigenvalue weighted by atomic mass is 19.4. The molecule has 0 heterocycles. The smallest absolute Gasteiger partial charge is 0.432 e. The standard InChI is InChI=1S/C36H49F9O2/c1-2-3-22-4-6-23(7-5-22)24-8-10-25(11-9-24)26-12-14-27(15-13-26)28-16-18-29(19-17-28)34(39,40)46-30-20-31(37)33(32(38)21-30)35(41,42)47-36(43,44)45/h20-29H,2-19H2,1H3. The average molecular weight is 685 g/mol. The fourth-order valence-electron chi connectivity index (χ4n) is 9.78. The minimum atomic E-state index is -5.89. The van der Waals surface area contributed by atoms with Gasteiger partial charge in [-0.3, -0.25) is 0 Å². The minimum Gasteiger partial charge on any atom is -0.432 e. The summed E-state index contributed by atoms with van der Waals surface area (Å²) >= 11 is 0. The van der Waals surface area contributed by atoms with E-state index in [4.69, 9.17) is 0 Å². The fraction of sp³-hybridized carbons (Fsp3) is 0.833. The van der Waals surface area contributed by atoms with Crippen LogP contribution in [0.3, 0.4) is 0 Å². The Morgan fingerprint density at radius 3 is 1.30 bits per heavy atom. The first-order valence-electron chi connectivity index (χ1n) is 17.9. The third kappa shape index (κ3) is 9.33. The van der Waals surface area contributed by atoms with Crippen LogP contribution >= 0.6 is 0 Å². The molecule has 0 N–H and O–H groups in total. The van der Waals surface area contributed by atoms with Crippen molar-refractivity contribution in [3.63, 3.8) is 0 Å². The molecule has 0 spiro atoms. The monoisotopic (exact) mass is 684 g/mol. The molecule has 0 saturated heterocycles. The highest BCUT2D eigenvalue weighted by molar-refractivity contribution is 5.32. The average Bonchev–Trinajstić information content (AvgIpc) is 3.00. The van der Waals surface area contributed by atoms with Crippen LogP contribution in [0.2, 0.25) is 0 Å². The Kier molecular flexibility index (Phi) is 11.7. The van der Waals surface area contributed by atoms with Gasteiger partial charge in [-0.05, 0) is 131 Å². The highest BCUT2D eigenvalue weighted by Gasteiger charge is 2.50. The van der Waals surface area contributed by atoms with E-state index in [0.717, 1.165) is 42.4 Å². The molecule has 4 fully saturated rings. The number of ether oxygens (including phenoxy) is 2. The van der Waals surface area contributed by atoms with Gasteiger partial charge in [0.1, 0.15) is 22.9 Å². The first kappa shape index (κ1) is 36.6. The minimum absolute atomic E-state index is 0.0229. The first-order chi connectivity index (χ1) is 22.1. The summed E-state index contributed by atoms with van der Waals surface area (Å²) in [6.07, 6.45) is 4.69. The maximum absolute atomic E-state index is 15.0. The van der Waals surface area contributed by atoms with E-state index in [1.807, 2.05) is 0 Å². The first-order valence-corrected chi connectivity index (χ1v) is 17.9. The highest BCUT2D eigenvalue weighted by Crippen LogP contribution is 2.50. The number of hydrogen-bond acceptors (Lipinski definition) is 2. The Balaban J connectivity index is 1.05. The molecule has 268 valence electrons. The van der Waals surface area contributed by atoms with Gasteiger partial charge in [0, 0.05) is 12.1 Å². The van der Waals surface area contributed by atoms with Crippen molar-refractivity contribution in [1.82, 2.24) is 0 Å². The number of alkyl halides is 7. The molecule has 5 rings (SSSR count). The maximum Gasteiger partial charge on any atom is 0.527 e. The summed E-state index contributed by atoms with van der Waals surface area (Å²) in [6.45, 7) is 2.29. The van der Waals surface area contributed by atoms with Crippen LogP contribution in [-0.4, -0.2) is 12.5 Å². The van der Waals surface area contributed by atoms with Gasteiger partial charge in [0.25, 0.3) is 0 Å². The molecule has 2 nitrogen and oxygen atoms in total. The quantitative estimate of drug-likeness (QED) is 0.228. The second kappa shape index (κ2) is 15.1. The van der Waals surface area contributed by atoms with Crippen molar-refractivity contribution in [1.29, 1.82) is 0 Å².